The third-order valence-electron chi connectivity index (χ3n) is 3.09. The van der Waals surface area contributed by atoms with Crippen LogP contribution in [0.5, 0.6) is 0 Å². The zero-order valence-corrected chi connectivity index (χ0v) is 10.5. The number of esters is 1. The lowest BCUT2D eigenvalue weighted by atomic mass is 9.79. The molecule has 0 spiro atoms. The van der Waals surface area contributed by atoms with Crippen LogP contribution in [0.2, 0.25) is 0 Å². The summed E-state index contributed by atoms with van der Waals surface area (Å²) in [5.41, 5.74) is 0. The minimum atomic E-state index is -0.0110. The summed E-state index contributed by atoms with van der Waals surface area (Å²) in [6, 6.07) is 0. The molecule has 3 heteroatoms. The van der Waals surface area contributed by atoms with Gasteiger partial charge in [0, 0.05) is 9.50 Å². The Hall–Kier alpha value is -0.0600. The van der Waals surface area contributed by atoms with Crippen molar-refractivity contribution in [1.29, 1.82) is 0 Å². The Labute approximate surface area is 98.2 Å². The molecule has 2 heterocycles. The van der Waals surface area contributed by atoms with Gasteiger partial charge in [0.25, 0.3) is 0 Å². The Morgan fingerprint density at radius 1 is 1.64 bits per heavy atom. The molecule has 0 unspecified atom stereocenters. The molecular formula is C11H15IO2. The van der Waals surface area contributed by atoms with E-state index < -0.39 is 0 Å². The summed E-state index contributed by atoms with van der Waals surface area (Å²) in [5.74, 6) is 0.617. The molecule has 3 aliphatic rings. The second-order valence-electron chi connectivity index (χ2n) is 4.15. The molecule has 0 aromatic rings. The van der Waals surface area contributed by atoms with E-state index in [4.69, 9.17) is 4.74 Å². The molecule has 0 aromatic carbocycles. The lowest BCUT2D eigenvalue weighted by molar-refractivity contribution is -0.162. The Balaban J connectivity index is 2.06. The lowest BCUT2D eigenvalue weighted by Gasteiger charge is -2.39. The van der Waals surface area contributed by atoms with Gasteiger partial charge in [0.2, 0.25) is 0 Å². The Morgan fingerprint density at radius 3 is 3.07 bits per heavy atom. The van der Waals surface area contributed by atoms with E-state index >= 15 is 0 Å². The molecule has 14 heavy (non-hydrogen) atoms. The first-order valence-corrected chi connectivity index (χ1v) is 6.38. The molecule has 3 atom stereocenters. The van der Waals surface area contributed by atoms with E-state index in [9.17, 15) is 4.79 Å². The van der Waals surface area contributed by atoms with E-state index in [0.717, 1.165) is 6.42 Å². The molecular weight excluding hydrogens is 291 g/mol. The summed E-state index contributed by atoms with van der Waals surface area (Å²) in [7, 11) is 0. The second kappa shape index (κ2) is 4.21. The fraction of sp³-hybridized carbons (Fsp3) is 0.727. The molecule has 0 radical (unpaired) electrons. The van der Waals surface area contributed by atoms with Gasteiger partial charge in [0.15, 0.2) is 0 Å². The summed E-state index contributed by atoms with van der Waals surface area (Å²) in [6.45, 7) is 2.20. The van der Waals surface area contributed by atoms with Crippen LogP contribution in [0.3, 0.4) is 0 Å². The zero-order valence-electron chi connectivity index (χ0n) is 8.33. The largest absolute Gasteiger partial charge is 0.456 e. The average molecular weight is 306 g/mol. The van der Waals surface area contributed by atoms with E-state index in [1.54, 1.807) is 0 Å². The highest BCUT2D eigenvalue weighted by atomic mass is 127. The summed E-state index contributed by atoms with van der Waals surface area (Å²) < 4.78 is 6.63. The number of rotatable bonds is 3. The van der Waals surface area contributed by atoms with Gasteiger partial charge in [0.05, 0.1) is 5.92 Å². The Bertz CT molecular complexity index is 272. The highest BCUT2D eigenvalue weighted by Crippen LogP contribution is 2.41. The zero-order chi connectivity index (χ0) is 10.1. The monoisotopic (exact) mass is 306 g/mol. The molecule has 3 rings (SSSR count). The van der Waals surface area contributed by atoms with E-state index in [1.807, 2.05) is 0 Å². The maximum Gasteiger partial charge on any atom is 0.313 e. The van der Waals surface area contributed by atoms with Crippen molar-refractivity contribution in [1.82, 2.24) is 0 Å². The molecule has 78 valence electrons. The average Bonchev–Trinajstić information content (AvgIpc) is 2.17. The standard InChI is InChI=1S/C11H15IO2/c1-2-3-4-7-5-8-6-9(12)10(7)14-11(8)13/h6-8,10H,2-5H2,1H3/t7-,8-,10+/m1/s1. The topological polar surface area (TPSA) is 26.3 Å². The fourth-order valence-corrected chi connectivity index (χ4v) is 3.36. The van der Waals surface area contributed by atoms with E-state index in [2.05, 4.69) is 35.6 Å². The summed E-state index contributed by atoms with van der Waals surface area (Å²) in [6.07, 6.45) is 6.85. The maximum atomic E-state index is 11.4. The third kappa shape index (κ3) is 1.83. The second-order valence-corrected chi connectivity index (χ2v) is 5.40. The third-order valence-corrected chi connectivity index (χ3v) is 4.06. The highest BCUT2D eigenvalue weighted by molar-refractivity contribution is 14.1. The lowest BCUT2D eigenvalue weighted by Crippen LogP contribution is -2.42. The number of carbonyl (C=O) groups is 1. The number of hydrogen-bond acceptors (Lipinski definition) is 2. The number of hydrogen-bond donors (Lipinski definition) is 0. The normalized spacial score (nSPS) is 35.4. The molecule has 0 aromatic heterocycles. The molecule has 0 amide bonds. The van der Waals surface area contributed by atoms with Crippen LogP contribution in [0.15, 0.2) is 9.66 Å². The molecule has 0 N–H and O–H groups in total. The minimum absolute atomic E-state index is 0.0110. The molecule has 1 saturated heterocycles. The van der Waals surface area contributed by atoms with Crippen LogP contribution in [0.4, 0.5) is 0 Å². The van der Waals surface area contributed by atoms with E-state index in [1.165, 1.54) is 22.8 Å². The highest BCUT2D eigenvalue weighted by Gasteiger charge is 2.42. The van der Waals surface area contributed by atoms with Crippen molar-refractivity contribution in [3.8, 4) is 0 Å². The Kier molecular flexibility index (Phi) is 3.14. The number of unbranched alkanes of at least 4 members (excludes halogenated alkanes) is 1. The van der Waals surface area contributed by atoms with Crippen LogP contribution >= 0.6 is 22.6 Å². The van der Waals surface area contributed by atoms with Crippen molar-refractivity contribution in [2.24, 2.45) is 11.8 Å². The van der Waals surface area contributed by atoms with Crippen molar-refractivity contribution >= 4 is 28.6 Å². The van der Waals surface area contributed by atoms with Gasteiger partial charge in [0.1, 0.15) is 6.10 Å². The van der Waals surface area contributed by atoms with Crippen LogP contribution in [-0.4, -0.2) is 12.1 Å². The van der Waals surface area contributed by atoms with Gasteiger partial charge in [-0.05, 0) is 35.4 Å². The van der Waals surface area contributed by atoms with E-state index in [-0.39, 0.29) is 18.0 Å². The Morgan fingerprint density at radius 2 is 2.43 bits per heavy atom. The number of ether oxygens (including phenoxy) is 1. The fourth-order valence-electron chi connectivity index (χ4n) is 2.29. The smallest absolute Gasteiger partial charge is 0.313 e. The summed E-state index contributed by atoms with van der Waals surface area (Å²) in [5, 5.41) is 0. The van der Waals surface area contributed by atoms with Crippen molar-refractivity contribution in [2.45, 2.75) is 38.7 Å². The van der Waals surface area contributed by atoms with Gasteiger partial charge in [-0.2, -0.15) is 0 Å². The minimum Gasteiger partial charge on any atom is -0.456 e. The van der Waals surface area contributed by atoms with Crippen LogP contribution < -0.4 is 0 Å². The van der Waals surface area contributed by atoms with Crippen LogP contribution in [0, 0.1) is 11.8 Å². The maximum absolute atomic E-state index is 11.4. The summed E-state index contributed by atoms with van der Waals surface area (Å²) >= 11 is 2.31. The molecule has 2 aliphatic heterocycles. The van der Waals surface area contributed by atoms with Gasteiger partial charge >= 0.3 is 5.97 Å². The molecule has 2 bridgehead atoms. The van der Waals surface area contributed by atoms with Gasteiger partial charge in [-0.15, -0.1) is 0 Å². The molecule has 0 saturated carbocycles. The van der Waals surface area contributed by atoms with Crippen molar-refractivity contribution in [3.63, 3.8) is 0 Å². The van der Waals surface area contributed by atoms with Crippen molar-refractivity contribution in [3.05, 3.63) is 9.66 Å². The predicted octanol–water partition coefficient (Wildman–Crippen LogP) is 3.06. The first-order valence-electron chi connectivity index (χ1n) is 5.30. The number of carbonyl (C=O) groups excluding carboxylic acids is 1. The van der Waals surface area contributed by atoms with Crippen LogP contribution in [0.1, 0.15) is 32.6 Å². The SMILES string of the molecule is CCCC[C@@H]1C[C@@H]2C=C(I)[C@H]1OC2=O. The quantitative estimate of drug-likeness (QED) is 0.592. The van der Waals surface area contributed by atoms with E-state index in [0.29, 0.717) is 5.92 Å². The predicted molar refractivity (Wildman–Crippen MR) is 63.1 cm³/mol. The van der Waals surface area contributed by atoms with Crippen molar-refractivity contribution < 1.29 is 9.53 Å². The van der Waals surface area contributed by atoms with Crippen LogP contribution in [-0.2, 0) is 9.53 Å². The van der Waals surface area contributed by atoms with Gasteiger partial charge in [-0.25, -0.2) is 0 Å². The van der Waals surface area contributed by atoms with Crippen LogP contribution in [0.25, 0.3) is 0 Å². The molecule has 2 nitrogen and oxygen atoms in total. The number of halogens is 1. The first kappa shape index (κ1) is 10.5. The van der Waals surface area contributed by atoms with Gasteiger partial charge in [-0.1, -0.05) is 25.8 Å². The first-order chi connectivity index (χ1) is 6.72. The number of fused-ring (bicyclic) bond motifs is 2. The summed E-state index contributed by atoms with van der Waals surface area (Å²) in [4.78, 5) is 11.4. The molecule has 1 fully saturated rings. The van der Waals surface area contributed by atoms with Gasteiger partial charge < -0.3 is 4.74 Å². The van der Waals surface area contributed by atoms with Gasteiger partial charge in [-0.3, -0.25) is 4.79 Å². The van der Waals surface area contributed by atoms with Crippen molar-refractivity contribution in [2.75, 3.05) is 0 Å². The molecule has 1 aliphatic carbocycles.